The molecule has 2 heterocycles. The van der Waals surface area contributed by atoms with E-state index in [9.17, 15) is 0 Å². The zero-order chi connectivity index (χ0) is 104. The van der Waals surface area contributed by atoms with Gasteiger partial charge in [-0.25, -0.2) is 0 Å². The molecule has 0 saturated carbocycles. The Bertz CT molecular complexity index is 7550. The van der Waals surface area contributed by atoms with Crippen LogP contribution < -0.4 is 24.5 Å². The Labute approximate surface area is 888 Å². The molecule has 0 N–H and O–H groups in total. The monoisotopic (exact) mass is 1940 g/mol. The van der Waals surface area contributed by atoms with Crippen LogP contribution in [0, 0.1) is 86.7 Å². The minimum Gasteiger partial charge on any atom is -0.311 e. The minimum atomic E-state index is 0.664. The van der Waals surface area contributed by atoms with Gasteiger partial charge in [0.2, 0.25) is 0 Å². The second-order valence-corrected chi connectivity index (χ2v) is 35.7. The lowest BCUT2D eigenvalue weighted by atomic mass is 10.1. The minimum absolute atomic E-state index is 0.664. The highest BCUT2D eigenvalue weighted by atomic mass is 15.2. The molecule has 19 aromatic carbocycles. The summed E-state index contributed by atoms with van der Waals surface area (Å²) in [5, 5.41) is 4.86. The van der Waals surface area contributed by atoms with Crippen LogP contribution in [0.25, 0.3) is 43.6 Å². The summed E-state index contributed by atoms with van der Waals surface area (Å²) >= 11 is 0. The van der Waals surface area contributed by atoms with E-state index in [4.69, 9.17) is 45.0 Å². The maximum Gasteiger partial charge on any atom is 0.0624 e. The van der Waals surface area contributed by atoms with E-state index < -0.39 is 0 Å². The highest BCUT2D eigenvalue weighted by Gasteiger charge is 2.19. The number of hydrogen-bond acceptors (Lipinski definition) is 5. The third kappa shape index (κ3) is 29.3. The number of unbranched alkanes of at least 4 members (excludes halogenated alkanes) is 6. The second-order valence-electron chi connectivity index (χ2n) is 35.7. The van der Waals surface area contributed by atoms with Crippen LogP contribution >= 0.6 is 0 Å². The van der Waals surface area contributed by atoms with Gasteiger partial charge in [-0.3, -0.25) is 9.13 Å². The maximum atomic E-state index is 5.54. The fourth-order valence-electron chi connectivity index (χ4n) is 18.2. The first-order valence-corrected chi connectivity index (χ1v) is 51.3. The van der Waals surface area contributed by atoms with Crippen molar-refractivity contribution in [3.8, 4) is 86.7 Å². The Hall–Kier alpha value is -19.3. The van der Waals surface area contributed by atoms with E-state index in [0.717, 1.165) is 167 Å². The fraction of sp³-hybridized carbons (Fsp3) is 0.105. The molecule has 0 amide bonds. The van der Waals surface area contributed by atoms with Crippen molar-refractivity contribution < 1.29 is 0 Å². The number of terminal acetylenes is 7. The van der Waals surface area contributed by atoms with Gasteiger partial charge in [-0.15, -0.1) is 61.7 Å². The molecule has 0 aliphatic heterocycles. The first kappa shape index (κ1) is 105. The molecule has 730 valence electrons. The third-order valence-electron chi connectivity index (χ3n) is 25.5. The van der Waals surface area contributed by atoms with Crippen LogP contribution in [0.5, 0.6) is 0 Å². The molecular weight excluding hydrogens is 1820 g/mol. The third-order valence-corrected chi connectivity index (χ3v) is 25.5. The molecule has 0 aliphatic rings. The summed E-state index contributed by atoms with van der Waals surface area (Å²) < 4.78 is 3.79. The second kappa shape index (κ2) is 57.3. The van der Waals surface area contributed by atoms with Gasteiger partial charge in [-0.1, -0.05) is 335 Å². The number of rotatable bonds is 30. The van der Waals surface area contributed by atoms with Gasteiger partial charge in [0.05, 0.1) is 22.1 Å². The van der Waals surface area contributed by atoms with Crippen LogP contribution in [0.3, 0.4) is 0 Å². The average Bonchev–Trinajstić information content (AvgIpc) is 1.62. The summed E-state index contributed by atoms with van der Waals surface area (Å²) in [6.45, 7) is 0. The lowest BCUT2D eigenvalue weighted by molar-refractivity contribution is 0.693. The molecule has 7 heteroatoms. The largest absolute Gasteiger partial charge is 0.311 e. The van der Waals surface area contributed by atoms with Crippen LogP contribution in [-0.2, 0) is 32.1 Å². The molecule has 0 saturated heterocycles. The van der Waals surface area contributed by atoms with E-state index in [-0.39, 0.29) is 0 Å². The number of fused-ring (bicyclic) bond motifs is 6. The topological polar surface area (TPSA) is 26.1 Å². The van der Waals surface area contributed by atoms with Crippen LogP contribution in [0.2, 0.25) is 0 Å². The number of aryl methyl sites for hydroxylation is 4. The van der Waals surface area contributed by atoms with Gasteiger partial charge < -0.3 is 24.5 Å². The fourth-order valence-corrected chi connectivity index (χ4v) is 18.2. The van der Waals surface area contributed by atoms with Crippen molar-refractivity contribution in [1.29, 1.82) is 0 Å². The lowest BCUT2D eigenvalue weighted by Gasteiger charge is -2.25. The van der Waals surface area contributed by atoms with E-state index >= 15 is 0 Å². The Kier molecular flexibility index (Phi) is 40.1. The van der Waals surface area contributed by atoms with Crippen molar-refractivity contribution in [2.75, 3.05) is 24.5 Å². The van der Waals surface area contributed by atoms with E-state index in [1.165, 1.54) is 79.4 Å². The average molecular weight is 1940 g/mol. The molecule has 0 spiro atoms. The molecule has 7 nitrogen and oxygen atoms in total. The molecule has 0 unspecified atom stereocenters. The van der Waals surface area contributed by atoms with E-state index in [0.29, 0.717) is 6.42 Å². The zero-order valence-corrected chi connectivity index (χ0v) is 84.9. The standard InChI is InChI=1S/C25H25N.C24H23N.C23H21N.C22H19N.C21H17N.2C14H9N/c1-2-3-4-5-8-13-22-18-20-25(21-19-22)26(23-14-9-6-10-15-23)24-16-11-7-12-17-24;1-2-3-4-7-12-21-17-19-24(20-18-21)25(22-13-8-5-9-14-22)23-15-10-6-11-16-23;1-2-3-6-11-20-16-18-23(19-17-20)24(21-12-7-4-8-13-21)22-14-9-5-10-15-22;1-2-3-10-19-15-17-22(18-16-19)23(20-11-6-4-7-12-20)21-13-8-5-9-14-21;1-2-9-18-14-16-21(17-15-18)22(19-10-5-3-6-11-19)20-12-7-4-8-13-20;2*1-2-15-13-9-5-3-7-11(13)12-8-4-6-10-14(12)15/h1,6-7,9-12,14-21H,3-5,8,13H2;1,5-6,8-11,13-20H,3-4,7,12H2;1,4-5,7-10,12-19H,3,6,11H2;1,4-9,11-18H,3,10H2;1,3-8,10-17H,9H2;2*1,3-10H. The maximum absolute atomic E-state index is 5.54. The predicted octanol–water partition coefficient (Wildman–Crippen LogP) is 37.0. The van der Waals surface area contributed by atoms with E-state index in [1.54, 1.807) is 0 Å². The summed E-state index contributed by atoms with van der Waals surface area (Å²) in [5.74, 6) is 13.5. The first-order chi connectivity index (χ1) is 74.2. The van der Waals surface area contributed by atoms with Crippen LogP contribution in [0.4, 0.5) is 85.3 Å². The van der Waals surface area contributed by atoms with Crippen LogP contribution in [0.15, 0.2) is 522 Å². The Balaban J connectivity index is 0.000000132. The van der Waals surface area contributed by atoms with Crippen LogP contribution in [0.1, 0.15) is 92.0 Å². The highest BCUT2D eigenvalue weighted by Crippen LogP contribution is 2.42. The molecule has 0 fully saturated rings. The van der Waals surface area contributed by atoms with Crippen molar-refractivity contribution in [3.63, 3.8) is 0 Å². The number of nitrogens with zero attached hydrogens (tertiary/aromatic N) is 7. The van der Waals surface area contributed by atoms with Gasteiger partial charge in [0.15, 0.2) is 0 Å². The number of aromatic nitrogens is 2. The lowest BCUT2D eigenvalue weighted by Crippen LogP contribution is -2.09. The predicted molar refractivity (Wildman–Crippen MR) is 642 cm³/mol. The van der Waals surface area contributed by atoms with Gasteiger partial charge in [0.25, 0.3) is 0 Å². The number of hydrogen-bond donors (Lipinski definition) is 0. The van der Waals surface area contributed by atoms with Gasteiger partial charge >= 0.3 is 0 Å². The van der Waals surface area contributed by atoms with Gasteiger partial charge in [0, 0.05) is 151 Å². The Morgan fingerprint density at radius 2 is 0.320 bits per heavy atom. The van der Waals surface area contributed by atoms with Gasteiger partial charge in [-0.05, 0) is 292 Å². The quantitative estimate of drug-likeness (QED) is 0.0330. The first-order valence-electron chi connectivity index (χ1n) is 51.3. The SMILES string of the molecule is C#CCCCCCc1ccc(N(c2ccccc2)c2ccccc2)cc1.C#CCCCCc1ccc(N(c2ccccc2)c2ccccc2)cc1.C#CCCCc1ccc(N(c2ccccc2)c2ccccc2)cc1.C#CCCc1ccc(N(c2ccccc2)c2ccccc2)cc1.C#CCc1ccc(N(c2ccccc2)c2ccccc2)cc1.C#Cn1c2ccccc2c2ccccc21.C#Cn1c2ccccc2c2ccccc21. The summed E-state index contributed by atoms with van der Waals surface area (Å²) in [6, 6.07) is 186. The summed E-state index contributed by atoms with van der Waals surface area (Å²) in [6.07, 6.45) is 52.7. The molecular formula is C143H123N7. The normalized spacial score (nSPS) is 10.2. The van der Waals surface area contributed by atoms with Gasteiger partial charge in [-0.2, -0.15) is 0 Å². The molecule has 21 rings (SSSR count). The molecule has 0 aliphatic carbocycles. The molecule has 0 bridgehead atoms. The zero-order valence-electron chi connectivity index (χ0n) is 84.9. The molecule has 150 heavy (non-hydrogen) atoms. The van der Waals surface area contributed by atoms with Crippen molar-refractivity contribution in [3.05, 3.63) is 550 Å². The number of benzene rings is 19. The van der Waals surface area contributed by atoms with Crippen LogP contribution in [-0.4, -0.2) is 9.13 Å². The number of anilines is 15. The smallest absolute Gasteiger partial charge is 0.0624 e. The summed E-state index contributed by atoms with van der Waals surface area (Å²) in [4.78, 5) is 11.3. The molecule has 21 aromatic rings. The molecule has 0 atom stereocenters. The molecule has 2 aromatic heterocycles. The molecule has 0 radical (unpaired) electrons. The summed E-state index contributed by atoms with van der Waals surface area (Å²) in [5.41, 5.74) is 28.2. The Morgan fingerprint density at radius 1 is 0.147 bits per heavy atom. The van der Waals surface area contributed by atoms with E-state index in [1.807, 2.05) is 106 Å². The van der Waals surface area contributed by atoms with Crippen molar-refractivity contribution in [1.82, 2.24) is 9.13 Å². The summed E-state index contributed by atoms with van der Waals surface area (Å²) in [7, 11) is 0. The van der Waals surface area contributed by atoms with Crippen molar-refractivity contribution in [2.24, 2.45) is 0 Å². The van der Waals surface area contributed by atoms with Crippen molar-refractivity contribution >= 4 is 129 Å². The Morgan fingerprint density at radius 3 is 0.533 bits per heavy atom. The number of para-hydroxylation sites is 14. The van der Waals surface area contributed by atoms with Gasteiger partial charge in [0.1, 0.15) is 0 Å². The van der Waals surface area contributed by atoms with E-state index in [2.05, 4.69) is 491 Å². The van der Waals surface area contributed by atoms with Crippen molar-refractivity contribution in [2.45, 2.75) is 96.3 Å². The highest BCUT2D eigenvalue weighted by molar-refractivity contribution is 6.10.